The molecule has 3 aromatic rings. The van der Waals surface area contributed by atoms with Crippen LogP contribution in [0, 0.1) is 12.7 Å². The first-order valence-corrected chi connectivity index (χ1v) is 7.78. The number of nitrogens with zero attached hydrogens (tertiary/aromatic N) is 4. The summed E-state index contributed by atoms with van der Waals surface area (Å²) in [7, 11) is 1.84. The fraction of sp³-hybridized carbons (Fsp3) is 0.125. The van der Waals surface area contributed by atoms with E-state index >= 15 is 0 Å². The standard InChI is InChI=1S/C15H13FN4OS.CO2/c1-10-13(22-12-6-4-11(16)5-7-12)14(19-20(10)2)21-15-17-8-3-9-18-15;2-1-3/h3-9H,1-2H3;. The quantitative estimate of drug-likeness (QED) is 0.707. The van der Waals surface area contributed by atoms with Crippen molar-refractivity contribution < 1.29 is 18.7 Å². The average Bonchev–Trinajstić information content (AvgIpc) is 2.86. The lowest BCUT2D eigenvalue weighted by Gasteiger charge is -2.04. The van der Waals surface area contributed by atoms with Gasteiger partial charge in [-0.3, -0.25) is 4.68 Å². The first-order chi connectivity index (χ1) is 12.0. The molecular formula is C16H13FN4O3S. The van der Waals surface area contributed by atoms with Gasteiger partial charge in [-0.25, -0.2) is 14.4 Å². The third kappa shape index (κ3) is 4.97. The van der Waals surface area contributed by atoms with E-state index in [9.17, 15) is 4.39 Å². The second-order valence-electron chi connectivity index (χ2n) is 4.62. The van der Waals surface area contributed by atoms with Gasteiger partial charge in [-0.15, -0.1) is 5.10 Å². The topological polar surface area (TPSA) is 87.0 Å². The molecule has 0 radical (unpaired) electrons. The van der Waals surface area contributed by atoms with Crippen molar-refractivity contribution in [2.45, 2.75) is 16.7 Å². The summed E-state index contributed by atoms with van der Waals surface area (Å²) in [5, 5.41) is 4.34. The summed E-state index contributed by atoms with van der Waals surface area (Å²) in [5.41, 5.74) is 0.945. The Morgan fingerprint density at radius 2 is 1.76 bits per heavy atom. The third-order valence-electron chi connectivity index (χ3n) is 3.01. The van der Waals surface area contributed by atoms with Crippen LogP contribution in [0.2, 0.25) is 0 Å². The number of rotatable bonds is 4. The van der Waals surface area contributed by atoms with Crippen LogP contribution in [-0.4, -0.2) is 25.9 Å². The largest absolute Gasteiger partial charge is 0.402 e. The van der Waals surface area contributed by atoms with Crippen LogP contribution in [0.15, 0.2) is 52.5 Å². The molecule has 0 saturated carbocycles. The molecular weight excluding hydrogens is 347 g/mol. The number of hydrogen-bond donors (Lipinski definition) is 0. The van der Waals surface area contributed by atoms with Gasteiger partial charge in [0.25, 0.3) is 5.88 Å². The van der Waals surface area contributed by atoms with Gasteiger partial charge in [0.05, 0.1) is 10.6 Å². The van der Waals surface area contributed by atoms with Crippen LogP contribution in [0.4, 0.5) is 4.39 Å². The van der Waals surface area contributed by atoms with Crippen LogP contribution in [0.5, 0.6) is 11.9 Å². The number of aromatic nitrogens is 4. The Bertz CT molecular complexity index is 863. The summed E-state index contributed by atoms with van der Waals surface area (Å²) >= 11 is 1.46. The molecule has 0 unspecified atom stereocenters. The highest BCUT2D eigenvalue weighted by atomic mass is 32.2. The molecule has 0 amide bonds. The van der Waals surface area contributed by atoms with E-state index in [0.29, 0.717) is 5.88 Å². The summed E-state index contributed by atoms with van der Waals surface area (Å²) in [6.45, 7) is 1.94. The Morgan fingerprint density at radius 1 is 1.16 bits per heavy atom. The summed E-state index contributed by atoms with van der Waals surface area (Å²) in [6.07, 6.45) is 3.45. The molecule has 9 heteroatoms. The van der Waals surface area contributed by atoms with E-state index in [4.69, 9.17) is 14.3 Å². The maximum atomic E-state index is 13.0. The maximum absolute atomic E-state index is 13.0. The molecule has 0 saturated heterocycles. The van der Waals surface area contributed by atoms with Gasteiger partial charge in [0.2, 0.25) is 0 Å². The minimum atomic E-state index is -0.263. The molecule has 0 atom stereocenters. The third-order valence-corrected chi connectivity index (χ3v) is 4.19. The molecule has 2 heterocycles. The SMILES string of the molecule is Cc1c(Sc2ccc(F)cc2)c(Oc2ncccn2)nn1C.O=C=O. The van der Waals surface area contributed by atoms with E-state index in [1.54, 1.807) is 35.3 Å². The fourth-order valence-electron chi connectivity index (χ4n) is 1.79. The first kappa shape index (κ1) is 18.3. The Hall–Kier alpha value is -3.03. The fourth-order valence-corrected chi connectivity index (χ4v) is 2.75. The lowest BCUT2D eigenvalue weighted by Crippen LogP contribution is -1.94. The van der Waals surface area contributed by atoms with Crippen molar-refractivity contribution >= 4 is 17.9 Å². The van der Waals surface area contributed by atoms with E-state index < -0.39 is 0 Å². The average molecular weight is 360 g/mol. The van der Waals surface area contributed by atoms with E-state index in [1.807, 2.05) is 14.0 Å². The Morgan fingerprint density at radius 3 is 2.36 bits per heavy atom. The zero-order chi connectivity index (χ0) is 18.2. The Kier molecular flexibility index (Phi) is 6.39. The maximum Gasteiger partial charge on any atom is 0.373 e. The van der Waals surface area contributed by atoms with Gasteiger partial charge in [0, 0.05) is 24.3 Å². The normalized spacial score (nSPS) is 9.72. The van der Waals surface area contributed by atoms with Crippen molar-refractivity contribution in [3.8, 4) is 11.9 Å². The molecule has 3 rings (SSSR count). The number of benzene rings is 1. The van der Waals surface area contributed by atoms with E-state index in [-0.39, 0.29) is 18.0 Å². The summed E-state index contributed by atoms with van der Waals surface area (Å²) in [5.74, 6) is 0.168. The molecule has 128 valence electrons. The predicted octanol–water partition coefficient (Wildman–Crippen LogP) is 3.02. The van der Waals surface area contributed by atoms with Gasteiger partial charge < -0.3 is 4.74 Å². The molecule has 7 nitrogen and oxygen atoms in total. The summed E-state index contributed by atoms with van der Waals surface area (Å²) < 4.78 is 20.4. The first-order valence-electron chi connectivity index (χ1n) is 6.96. The van der Waals surface area contributed by atoms with Gasteiger partial charge in [-0.2, -0.15) is 9.59 Å². The zero-order valence-electron chi connectivity index (χ0n) is 13.3. The van der Waals surface area contributed by atoms with Crippen molar-refractivity contribution in [2.75, 3.05) is 0 Å². The molecule has 2 aromatic heterocycles. The van der Waals surface area contributed by atoms with Crippen molar-refractivity contribution in [1.82, 2.24) is 19.7 Å². The molecule has 0 aliphatic heterocycles. The van der Waals surface area contributed by atoms with Gasteiger partial charge in [0.15, 0.2) is 0 Å². The van der Waals surface area contributed by atoms with Gasteiger partial charge >= 0.3 is 12.2 Å². The molecule has 0 fully saturated rings. The number of carbonyl (C=O) groups excluding carboxylic acids is 2. The van der Waals surface area contributed by atoms with Crippen LogP contribution in [0.3, 0.4) is 0 Å². The molecule has 0 bridgehead atoms. The minimum absolute atomic E-state index is 0.238. The van der Waals surface area contributed by atoms with Crippen LogP contribution in [0.25, 0.3) is 0 Å². The number of ether oxygens (including phenoxy) is 1. The van der Waals surface area contributed by atoms with Crippen LogP contribution < -0.4 is 4.74 Å². The van der Waals surface area contributed by atoms with Crippen LogP contribution >= 0.6 is 11.8 Å². The number of aryl methyl sites for hydroxylation is 1. The molecule has 25 heavy (non-hydrogen) atoms. The second-order valence-corrected chi connectivity index (χ2v) is 5.70. The van der Waals surface area contributed by atoms with Crippen LogP contribution in [0.1, 0.15) is 5.69 Å². The second kappa shape index (κ2) is 8.72. The van der Waals surface area contributed by atoms with E-state index in [1.165, 1.54) is 23.9 Å². The number of hydrogen-bond acceptors (Lipinski definition) is 7. The number of halogens is 1. The Balaban J connectivity index is 0.000000701. The van der Waals surface area contributed by atoms with E-state index in [2.05, 4.69) is 15.1 Å². The molecule has 1 aromatic carbocycles. The smallest absolute Gasteiger partial charge is 0.373 e. The highest BCUT2D eigenvalue weighted by molar-refractivity contribution is 7.99. The van der Waals surface area contributed by atoms with Gasteiger partial charge in [0.1, 0.15) is 5.82 Å². The summed E-state index contributed by atoms with van der Waals surface area (Å²) in [6, 6.07) is 8.24. The lowest BCUT2D eigenvalue weighted by atomic mass is 10.4. The molecule has 0 aliphatic carbocycles. The predicted molar refractivity (Wildman–Crippen MR) is 85.6 cm³/mol. The zero-order valence-corrected chi connectivity index (χ0v) is 14.2. The van der Waals surface area contributed by atoms with Crippen LogP contribution in [-0.2, 0) is 16.6 Å². The highest BCUT2D eigenvalue weighted by Crippen LogP contribution is 2.38. The van der Waals surface area contributed by atoms with Crippen molar-refractivity contribution in [1.29, 1.82) is 0 Å². The molecule has 0 N–H and O–H groups in total. The van der Waals surface area contributed by atoms with Gasteiger partial charge in [-0.1, -0.05) is 11.8 Å². The van der Waals surface area contributed by atoms with Crippen molar-refractivity contribution in [3.05, 3.63) is 54.2 Å². The van der Waals surface area contributed by atoms with E-state index in [0.717, 1.165) is 15.5 Å². The minimum Gasteiger partial charge on any atom is -0.402 e. The molecule has 0 spiro atoms. The van der Waals surface area contributed by atoms with Gasteiger partial charge in [-0.05, 0) is 37.3 Å². The van der Waals surface area contributed by atoms with Crippen molar-refractivity contribution in [2.24, 2.45) is 7.05 Å². The van der Waals surface area contributed by atoms with Crippen molar-refractivity contribution in [3.63, 3.8) is 0 Å². The summed E-state index contributed by atoms with van der Waals surface area (Å²) in [4.78, 5) is 26.1. The lowest BCUT2D eigenvalue weighted by molar-refractivity contribution is -0.191. The Labute approximate surface area is 146 Å². The highest BCUT2D eigenvalue weighted by Gasteiger charge is 2.17. The molecule has 0 aliphatic rings. The monoisotopic (exact) mass is 360 g/mol.